The number of benzene rings is 2. The van der Waals surface area contributed by atoms with Crippen molar-refractivity contribution in [3.63, 3.8) is 0 Å². The second-order valence-electron chi connectivity index (χ2n) is 6.81. The lowest BCUT2D eigenvalue weighted by Gasteiger charge is -2.31. The molecule has 1 aliphatic heterocycles. The standard InChI is InChI=1S/C21H19BrClN3O3/c22-17-11-18-16(20(23)25-13-24-18)10-19(17)29-15-6-8-26(9-7-15)21(27)28-12-14-4-2-1-3-5-14/h1-5,10-11,13,15H,6-9,12H2. The van der Waals surface area contributed by atoms with Gasteiger partial charge in [-0.05, 0) is 33.6 Å². The quantitative estimate of drug-likeness (QED) is 0.483. The van der Waals surface area contributed by atoms with Crippen LogP contribution in [0.25, 0.3) is 10.9 Å². The Morgan fingerprint density at radius 3 is 2.69 bits per heavy atom. The molecule has 2 heterocycles. The van der Waals surface area contributed by atoms with Crippen molar-refractivity contribution in [3.8, 4) is 5.75 Å². The maximum Gasteiger partial charge on any atom is 0.410 e. The van der Waals surface area contributed by atoms with Gasteiger partial charge < -0.3 is 14.4 Å². The number of ether oxygens (including phenoxy) is 2. The highest BCUT2D eigenvalue weighted by Gasteiger charge is 2.25. The number of hydrogen-bond donors (Lipinski definition) is 0. The van der Waals surface area contributed by atoms with E-state index in [1.165, 1.54) is 6.33 Å². The Hall–Kier alpha value is -2.38. The van der Waals surface area contributed by atoms with Crippen molar-refractivity contribution in [1.29, 1.82) is 0 Å². The summed E-state index contributed by atoms with van der Waals surface area (Å²) in [6.45, 7) is 1.46. The van der Waals surface area contributed by atoms with Crippen LogP contribution in [0, 0.1) is 0 Å². The molecule has 1 fully saturated rings. The van der Waals surface area contributed by atoms with Crippen LogP contribution in [0.15, 0.2) is 53.3 Å². The van der Waals surface area contributed by atoms with Crippen LogP contribution >= 0.6 is 27.5 Å². The number of halogens is 2. The molecule has 0 unspecified atom stereocenters. The molecular formula is C21H19BrClN3O3. The van der Waals surface area contributed by atoms with Gasteiger partial charge in [0.15, 0.2) is 0 Å². The number of nitrogens with zero attached hydrogens (tertiary/aromatic N) is 3. The van der Waals surface area contributed by atoms with Gasteiger partial charge in [0.25, 0.3) is 0 Å². The molecule has 150 valence electrons. The van der Waals surface area contributed by atoms with Gasteiger partial charge in [-0.3, -0.25) is 0 Å². The van der Waals surface area contributed by atoms with Gasteiger partial charge in [0, 0.05) is 31.3 Å². The van der Waals surface area contributed by atoms with Crippen molar-refractivity contribution in [2.75, 3.05) is 13.1 Å². The van der Waals surface area contributed by atoms with E-state index in [0.29, 0.717) is 24.0 Å². The summed E-state index contributed by atoms with van der Waals surface area (Å²) < 4.78 is 12.4. The lowest BCUT2D eigenvalue weighted by molar-refractivity contribution is 0.0637. The maximum absolute atomic E-state index is 12.3. The summed E-state index contributed by atoms with van der Waals surface area (Å²) in [4.78, 5) is 22.3. The van der Waals surface area contributed by atoms with Crippen LogP contribution in [0.4, 0.5) is 4.79 Å². The third kappa shape index (κ3) is 4.79. The Bertz CT molecular complexity index is 1010. The minimum atomic E-state index is -0.289. The molecule has 1 aliphatic rings. The van der Waals surface area contributed by atoms with Crippen molar-refractivity contribution < 1.29 is 14.3 Å². The molecule has 0 N–H and O–H groups in total. The predicted molar refractivity (Wildman–Crippen MR) is 114 cm³/mol. The first-order valence-electron chi connectivity index (χ1n) is 9.32. The Labute approximate surface area is 181 Å². The monoisotopic (exact) mass is 475 g/mol. The predicted octanol–water partition coefficient (Wildman–Crippen LogP) is 5.23. The third-order valence-electron chi connectivity index (χ3n) is 4.84. The second kappa shape index (κ2) is 8.97. The Kier molecular flexibility index (Phi) is 6.16. The molecule has 2 aromatic carbocycles. The summed E-state index contributed by atoms with van der Waals surface area (Å²) >= 11 is 9.71. The van der Waals surface area contributed by atoms with E-state index in [9.17, 15) is 4.79 Å². The molecule has 0 atom stereocenters. The summed E-state index contributed by atoms with van der Waals surface area (Å²) in [6, 6.07) is 13.4. The first-order valence-corrected chi connectivity index (χ1v) is 10.5. The maximum atomic E-state index is 12.3. The van der Waals surface area contributed by atoms with Gasteiger partial charge in [0.2, 0.25) is 0 Å². The van der Waals surface area contributed by atoms with Gasteiger partial charge in [-0.15, -0.1) is 0 Å². The normalized spacial score (nSPS) is 14.8. The average molecular weight is 477 g/mol. The number of rotatable bonds is 4. The number of carbonyl (C=O) groups is 1. The van der Waals surface area contributed by atoms with Gasteiger partial charge in [0.1, 0.15) is 29.9 Å². The topological polar surface area (TPSA) is 64.5 Å². The molecule has 0 bridgehead atoms. The molecule has 1 aromatic heterocycles. The molecule has 29 heavy (non-hydrogen) atoms. The number of carbonyl (C=O) groups excluding carboxylic acids is 1. The minimum Gasteiger partial charge on any atom is -0.489 e. The van der Waals surface area contributed by atoms with Gasteiger partial charge in [-0.25, -0.2) is 14.8 Å². The van der Waals surface area contributed by atoms with Crippen molar-refractivity contribution in [2.45, 2.75) is 25.6 Å². The summed E-state index contributed by atoms with van der Waals surface area (Å²) in [5, 5.41) is 1.14. The number of amides is 1. The van der Waals surface area contributed by atoms with Crippen molar-refractivity contribution in [3.05, 3.63) is 64.0 Å². The van der Waals surface area contributed by atoms with E-state index in [-0.39, 0.29) is 18.8 Å². The minimum absolute atomic E-state index is 0.00493. The van der Waals surface area contributed by atoms with E-state index in [1.807, 2.05) is 42.5 Å². The number of fused-ring (bicyclic) bond motifs is 1. The van der Waals surface area contributed by atoms with E-state index >= 15 is 0 Å². The zero-order chi connectivity index (χ0) is 20.2. The molecule has 0 spiro atoms. The summed E-state index contributed by atoms with van der Waals surface area (Å²) in [5.74, 6) is 0.694. The van der Waals surface area contributed by atoms with E-state index in [0.717, 1.165) is 33.8 Å². The molecular weight excluding hydrogens is 458 g/mol. The Balaban J connectivity index is 1.33. The molecule has 4 rings (SSSR count). The average Bonchev–Trinajstić information content (AvgIpc) is 2.74. The fourth-order valence-corrected chi connectivity index (χ4v) is 3.88. The largest absolute Gasteiger partial charge is 0.489 e. The summed E-state index contributed by atoms with van der Waals surface area (Å²) in [6.07, 6.45) is 2.60. The van der Waals surface area contributed by atoms with Gasteiger partial charge in [0.05, 0.1) is 9.99 Å². The summed E-state index contributed by atoms with van der Waals surface area (Å²) in [5.41, 5.74) is 1.73. The Morgan fingerprint density at radius 1 is 1.17 bits per heavy atom. The van der Waals surface area contributed by atoms with Crippen LogP contribution in [0.2, 0.25) is 5.15 Å². The fraction of sp³-hybridized carbons (Fsp3) is 0.286. The summed E-state index contributed by atoms with van der Waals surface area (Å²) in [7, 11) is 0. The van der Waals surface area contributed by atoms with Crippen LogP contribution in [0.3, 0.4) is 0 Å². The highest BCUT2D eigenvalue weighted by atomic mass is 79.9. The van der Waals surface area contributed by atoms with Crippen LogP contribution in [-0.4, -0.2) is 40.2 Å². The van der Waals surface area contributed by atoms with Crippen molar-refractivity contribution in [1.82, 2.24) is 14.9 Å². The molecule has 3 aromatic rings. The molecule has 0 radical (unpaired) electrons. The smallest absolute Gasteiger partial charge is 0.410 e. The van der Waals surface area contributed by atoms with E-state index in [2.05, 4.69) is 25.9 Å². The third-order valence-corrected chi connectivity index (χ3v) is 5.76. The second-order valence-corrected chi connectivity index (χ2v) is 8.02. The first kappa shape index (κ1) is 19.9. The van der Waals surface area contributed by atoms with Crippen molar-refractivity contribution in [2.24, 2.45) is 0 Å². The zero-order valence-corrected chi connectivity index (χ0v) is 17.9. The highest BCUT2D eigenvalue weighted by molar-refractivity contribution is 9.10. The molecule has 8 heteroatoms. The number of likely N-dealkylation sites (tertiary alicyclic amines) is 1. The molecule has 1 saturated heterocycles. The van der Waals surface area contributed by atoms with Gasteiger partial charge >= 0.3 is 6.09 Å². The number of piperidine rings is 1. The highest BCUT2D eigenvalue weighted by Crippen LogP contribution is 2.33. The molecule has 0 aliphatic carbocycles. The molecule has 1 amide bonds. The first-order chi connectivity index (χ1) is 14.1. The van der Waals surface area contributed by atoms with Crippen LogP contribution in [-0.2, 0) is 11.3 Å². The van der Waals surface area contributed by atoms with E-state index < -0.39 is 0 Å². The number of aromatic nitrogens is 2. The van der Waals surface area contributed by atoms with Crippen LogP contribution in [0.5, 0.6) is 5.75 Å². The van der Waals surface area contributed by atoms with E-state index in [4.69, 9.17) is 21.1 Å². The number of hydrogen-bond acceptors (Lipinski definition) is 5. The van der Waals surface area contributed by atoms with Gasteiger partial charge in [-0.1, -0.05) is 41.9 Å². The lowest BCUT2D eigenvalue weighted by Crippen LogP contribution is -2.42. The molecule has 0 saturated carbocycles. The van der Waals surface area contributed by atoms with Crippen LogP contribution in [0.1, 0.15) is 18.4 Å². The van der Waals surface area contributed by atoms with Crippen molar-refractivity contribution >= 4 is 44.5 Å². The lowest BCUT2D eigenvalue weighted by atomic mass is 10.1. The zero-order valence-electron chi connectivity index (χ0n) is 15.6. The van der Waals surface area contributed by atoms with E-state index in [1.54, 1.807) is 4.90 Å². The molecule has 6 nitrogen and oxygen atoms in total. The Morgan fingerprint density at radius 2 is 1.93 bits per heavy atom. The van der Waals surface area contributed by atoms with Crippen LogP contribution < -0.4 is 4.74 Å². The fourth-order valence-electron chi connectivity index (χ4n) is 3.26. The SMILES string of the molecule is O=C(OCc1ccccc1)N1CCC(Oc2cc3c(Cl)ncnc3cc2Br)CC1. The van der Waals surface area contributed by atoms with Gasteiger partial charge in [-0.2, -0.15) is 0 Å².